The molecule has 8 heteroatoms. The fraction of sp³-hybridized carbons (Fsp3) is 0.188. The van der Waals surface area contributed by atoms with Gasteiger partial charge in [0.15, 0.2) is 0 Å². The molecule has 2 aromatic rings. The van der Waals surface area contributed by atoms with Gasteiger partial charge in [-0.3, -0.25) is 0 Å². The SMILES string of the molecule is C[Si](C)C1=C(OP(=O)(O)c2cc3ccccc3[cH-]2)CC=C1.[Cl-].[Cl-].[Ti+3]. The molecular weight excluding hydrogens is 418 g/mol. The fourth-order valence-electron chi connectivity index (χ4n) is 2.52. The average molecular weight is 435 g/mol. The molecular formula is C16H17Cl2O3PSiTi. The third kappa shape index (κ3) is 4.92. The van der Waals surface area contributed by atoms with Crippen molar-refractivity contribution in [2.75, 3.05) is 0 Å². The van der Waals surface area contributed by atoms with Crippen LogP contribution in [0.1, 0.15) is 6.42 Å². The van der Waals surface area contributed by atoms with Gasteiger partial charge in [-0.15, -0.1) is 35.0 Å². The zero-order valence-electron chi connectivity index (χ0n) is 13.3. The number of fused-ring (bicyclic) bond motifs is 1. The van der Waals surface area contributed by atoms with Gasteiger partial charge in [0, 0.05) is 6.42 Å². The normalized spacial score (nSPS) is 15.5. The second-order valence-electron chi connectivity index (χ2n) is 5.40. The van der Waals surface area contributed by atoms with Crippen LogP contribution < -0.4 is 30.1 Å². The quantitative estimate of drug-likeness (QED) is 0.340. The molecule has 24 heavy (non-hydrogen) atoms. The van der Waals surface area contributed by atoms with Crippen molar-refractivity contribution in [2.24, 2.45) is 0 Å². The Bertz CT molecular complexity index is 768. The first-order valence-electron chi connectivity index (χ1n) is 6.86. The summed E-state index contributed by atoms with van der Waals surface area (Å²) >= 11 is 0. The molecule has 126 valence electrons. The first-order chi connectivity index (χ1) is 9.97. The molecule has 3 nitrogen and oxygen atoms in total. The van der Waals surface area contributed by atoms with Gasteiger partial charge in [-0.1, -0.05) is 31.3 Å². The Balaban J connectivity index is 0.00000176. The van der Waals surface area contributed by atoms with Crippen molar-refractivity contribution in [1.82, 2.24) is 0 Å². The summed E-state index contributed by atoms with van der Waals surface area (Å²) in [5.41, 5.74) is 0. The maximum atomic E-state index is 12.6. The monoisotopic (exact) mass is 434 g/mol. The van der Waals surface area contributed by atoms with Gasteiger partial charge in [0.25, 0.3) is 0 Å². The van der Waals surface area contributed by atoms with Crippen LogP contribution in [0, 0.1) is 0 Å². The van der Waals surface area contributed by atoms with E-state index < -0.39 is 16.4 Å². The molecule has 0 amide bonds. The van der Waals surface area contributed by atoms with Crippen LogP contribution in [0.3, 0.4) is 0 Å². The predicted octanol–water partition coefficient (Wildman–Crippen LogP) is -2.10. The molecule has 1 unspecified atom stereocenters. The van der Waals surface area contributed by atoms with Crippen LogP contribution in [0.25, 0.3) is 10.8 Å². The van der Waals surface area contributed by atoms with E-state index in [0.29, 0.717) is 17.5 Å². The second kappa shape index (κ2) is 9.49. The molecule has 0 aromatic heterocycles. The topological polar surface area (TPSA) is 46.5 Å². The Morgan fingerprint density at radius 1 is 1.25 bits per heavy atom. The predicted molar refractivity (Wildman–Crippen MR) is 88.4 cm³/mol. The summed E-state index contributed by atoms with van der Waals surface area (Å²) in [6, 6.07) is 11.2. The minimum Gasteiger partial charge on any atom is -1.00 e. The third-order valence-corrected chi connectivity index (χ3v) is 6.49. The fourth-order valence-corrected chi connectivity index (χ4v) is 4.95. The van der Waals surface area contributed by atoms with Crippen LogP contribution in [0.5, 0.6) is 0 Å². The van der Waals surface area contributed by atoms with Gasteiger partial charge in [0.1, 0.15) is 5.76 Å². The Hall–Kier alpha value is -0.189. The smallest absolute Gasteiger partial charge is 1.00 e. The molecule has 0 heterocycles. The van der Waals surface area contributed by atoms with Crippen LogP contribution in [-0.4, -0.2) is 13.7 Å². The summed E-state index contributed by atoms with van der Waals surface area (Å²) in [5, 5.41) is 3.38. The molecule has 1 N–H and O–H groups in total. The number of hydrogen-bond donors (Lipinski definition) is 1. The first kappa shape index (κ1) is 23.8. The standard InChI is InChI=1S/C16H17O3PSi.2ClH.Ti/c1-21(2)16-9-5-8-15(16)19-20(17,18)14-10-12-6-3-4-7-13(12)11-14;;;/h3-7,9-11H,8H2,1-2H3,(H,17,18);2*1H;/q-1;;;+3/p-2. The Labute approximate surface area is 171 Å². The van der Waals surface area contributed by atoms with E-state index in [9.17, 15) is 9.46 Å². The molecule has 1 atom stereocenters. The van der Waals surface area contributed by atoms with Crippen molar-refractivity contribution in [3.63, 3.8) is 0 Å². The molecule has 1 aliphatic rings. The second-order valence-corrected chi connectivity index (χ2v) is 9.68. The summed E-state index contributed by atoms with van der Waals surface area (Å²) in [6.45, 7) is 4.30. The summed E-state index contributed by atoms with van der Waals surface area (Å²) in [5.74, 6) is 0.657. The molecule has 0 saturated carbocycles. The van der Waals surface area contributed by atoms with E-state index in [4.69, 9.17) is 4.52 Å². The Morgan fingerprint density at radius 3 is 2.54 bits per heavy atom. The number of halogens is 2. The molecule has 1 aliphatic carbocycles. The molecule has 0 fully saturated rings. The minimum atomic E-state index is -3.83. The van der Waals surface area contributed by atoms with Gasteiger partial charge >= 0.3 is 29.3 Å². The van der Waals surface area contributed by atoms with E-state index in [1.165, 1.54) is 0 Å². The van der Waals surface area contributed by atoms with Gasteiger partial charge in [0.05, 0.1) is 8.80 Å². The van der Waals surface area contributed by atoms with Crippen LogP contribution >= 0.6 is 7.60 Å². The molecule has 3 rings (SSSR count). The number of rotatable bonds is 4. The third-order valence-electron chi connectivity index (χ3n) is 3.59. The number of benzene rings is 1. The molecule has 0 spiro atoms. The van der Waals surface area contributed by atoms with Gasteiger partial charge in [-0.25, -0.2) is 4.57 Å². The van der Waals surface area contributed by atoms with E-state index in [-0.39, 0.29) is 46.5 Å². The molecule has 2 aromatic carbocycles. The average Bonchev–Trinajstić information content (AvgIpc) is 3.04. The van der Waals surface area contributed by atoms with Crippen molar-refractivity contribution in [3.8, 4) is 0 Å². The van der Waals surface area contributed by atoms with Crippen molar-refractivity contribution < 1.29 is 60.5 Å². The molecule has 0 bridgehead atoms. The summed E-state index contributed by atoms with van der Waals surface area (Å²) in [7, 11) is -4.53. The molecule has 0 saturated heterocycles. The van der Waals surface area contributed by atoms with E-state index in [0.717, 1.165) is 16.0 Å². The van der Waals surface area contributed by atoms with Crippen molar-refractivity contribution in [2.45, 2.75) is 19.5 Å². The Morgan fingerprint density at radius 2 is 1.92 bits per heavy atom. The maximum Gasteiger partial charge on any atom is 3.00 e. The van der Waals surface area contributed by atoms with Crippen LogP contribution in [0.15, 0.2) is 59.5 Å². The summed E-state index contributed by atoms with van der Waals surface area (Å²) in [6.07, 6.45) is 4.62. The maximum absolute atomic E-state index is 12.6. The minimum absolute atomic E-state index is 0. The zero-order chi connectivity index (χ0) is 15.0. The van der Waals surface area contributed by atoms with Gasteiger partial charge in [0.2, 0.25) is 0 Å². The summed E-state index contributed by atoms with van der Waals surface area (Å²) in [4.78, 5) is 10.3. The first-order valence-corrected chi connectivity index (χ1v) is 10.9. The number of allylic oxidation sites excluding steroid dienone is 3. The van der Waals surface area contributed by atoms with Gasteiger partial charge < -0.3 is 34.2 Å². The van der Waals surface area contributed by atoms with Crippen LogP contribution in [0.2, 0.25) is 13.1 Å². The largest absolute Gasteiger partial charge is 3.00 e. The molecule has 0 aliphatic heterocycles. The van der Waals surface area contributed by atoms with Crippen molar-refractivity contribution in [3.05, 3.63) is 59.5 Å². The number of hydrogen-bond acceptors (Lipinski definition) is 2. The van der Waals surface area contributed by atoms with Crippen LogP contribution in [-0.2, 0) is 30.8 Å². The van der Waals surface area contributed by atoms with E-state index in [2.05, 4.69) is 13.1 Å². The van der Waals surface area contributed by atoms with Crippen molar-refractivity contribution in [1.29, 1.82) is 0 Å². The van der Waals surface area contributed by atoms with Gasteiger partial charge in [-0.2, -0.15) is 6.07 Å². The van der Waals surface area contributed by atoms with Gasteiger partial charge in [-0.05, 0) is 10.5 Å². The van der Waals surface area contributed by atoms with E-state index in [1.54, 1.807) is 12.1 Å². The van der Waals surface area contributed by atoms with Crippen molar-refractivity contribution >= 4 is 32.5 Å². The Kier molecular flexibility index (Phi) is 9.42. The van der Waals surface area contributed by atoms with E-state index in [1.807, 2.05) is 36.4 Å². The zero-order valence-corrected chi connectivity index (χ0v) is 18.3. The molecule has 2 radical (unpaired) electrons. The van der Waals surface area contributed by atoms with E-state index >= 15 is 0 Å². The summed E-state index contributed by atoms with van der Waals surface area (Å²) < 4.78 is 18.1. The van der Waals surface area contributed by atoms with Crippen LogP contribution in [0.4, 0.5) is 0 Å².